The van der Waals surface area contributed by atoms with Gasteiger partial charge in [0.1, 0.15) is 6.04 Å². The molecule has 1 N–H and O–H groups in total. The van der Waals surface area contributed by atoms with E-state index in [1.165, 1.54) is 36.0 Å². The van der Waals surface area contributed by atoms with E-state index in [1.807, 2.05) is 6.92 Å². The summed E-state index contributed by atoms with van der Waals surface area (Å²) in [5, 5.41) is 3.25. The van der Waals surface area contributed by atoms with E-state index in [2.05, 4.69) is 67.7 Å². The van der Waals surface area contributed by atoms with Gasteiger partial charge in [0.05, 0.1) is 5.75 Å². The van der Waals surface area contributed by atoms with Crippen LogP contribution < -0.4 is 5.32 Å². The molecule has 3 rings (SSSR count). The number of aryl methyl sites for hydroxylation is 2. The molecule has 0 bridgehead atoms. The summed E-state index contributed by atoms with van der Waals surface area (Å²) in [6.07, 6.45) is 6.28. The smallest absolute Gasteiger partial charge is 0.243 e. The molecule has 1 unspecified atom stereocenters. The van der Waals surface area contributed by atoms with Crippen LogP contribution in [0.15, 0.2) is 48.5 Å². The molecular formula is C28H38N2O2S. The number of hydrogen-bond donors (Lipinski definition) is 1. The Morgan fingerprint density at radius 2 is 1.52 bits per heavy atom. The van der Waals surface area contributed by atoms with Gasteiger partial charge in [-0.15, -0.1) is 11.8 Å². The van der Waals surface area contributed by atoms with Crippen molar-refractivity contribution < 1.29 is 9.59 Å². The van der Waals surface area contributed by atoms with Gasteiger partial charge in [-0.05, 0) is 44.2 Å². The molecule has 1 aliphatic rings. The van der Waals surface area contributed by atoms with E-state index in [-0.39, 0.29) is 17.9 Å². The van der Waals surface area contributed by atoms with E-state index in [4.69, 9.17) is 0 Å². The van der Waals surface area contributed by atoms with Crippen molar-refractivity contribution in [2.45, 2.75) is 83.7 Å². The summed E-state index contributed by atoms with van der Waals surface area (Å²) in [6, 6.07) is 16.5. The van der Waals surface area contributed by atoms with Crippen molar-refractivity contribution in [2.75, 3.05) is 5.75 Å². The van der Waals surface area contributed by atoms with Crippen molar-refractivity contribution in [1.29, 1.82) is 0 Å². The van der Waals surface area contributed by atoms with Crippen LogP contribution in [0.5, 0.6) is 0 Å². The van der Waals surface area contributed by atoms with Gasteiger partial charge in [-0.25, -0.2) is 0 Å². The Hall–Kier alpha value is -2.27. The highest BCUT2D eigenvalue weighted by Gasteiger charge is 2.30. The molecule has 2 amide bonds. The van der Waals surface area contributed by atoms with E-state index in [0.717, 1.165) is 24.2 Å². The second-order valence-corrected chi connectivity index (χ2v) is 10.2. The van der Waals surface area contributed by atoms with Crippen molar-refractivity contribution in [1.82, 2.24) is 10.2 Å². The van der Waals surface area contributed by atoms with Gasteiger partial charge in [-0.3, -0.25) is 9.59 Å². The van der Waals surface area contributed by atoms with Crippen molar-refractivity contribution >= 4 is 23.6 Å². The number of carbonyl (C=O) groups excluding carboxylic acids is 2. The molecule has 5 heteroatoms. The van der Waals surface area contributed by atoms with Crippen LogP contribution in [0.25, 0.3) is 0 Å². The zero-order chi connectivity index (χ0) is 23.6. The second-order valence-electron chi connectivity index (χ2n) is 9.25. The number of thioether (sulfide) groups is 1. The molecule has 178 valence electrons. The van der Waals surface area contributed by atoms with E-state index in [1.54, 1.807) is 16.7 Å². The topological polar surface area (TPSA) is 49.4 Å². The largest absolute Gasteiger partial charge is 0.352 e. The van der Waals surface area contributed by atoms with Gasteiger partial charge in [0.2, 0.25) is 11.8 Å². The van der Waals surface area contributed by atoms with E-state index in [0.29, 0.717) is 18.7 Å². The first-order valence-corrected chi connectivity index (χ1v) is 13.4. The minimum absolute atomic E-state index is 0.00611. The highest BCUT2D eigenvalue weighted by atomic mass is 32.2. The standard InChI is InChI=1S/C28H38N2O2S/c1-4-26(28(32)29-25-8-6-5-7-9-25)30(18-23-14-10-21(2)11-15-23)27(31)20-33-19-24-16-12-22(3)13-17-24/h10-17,25-26H,4-9,18-20H2,1-3H3,(H,29,32). The fourth-order valence-corrected chi connectivity index (χ4v) is 5.25. The summed E-state index contributed by atoms with van der Waals surface area (Å²) in [5.74, 6) is 1.18. The Morgan fingerprint density at radius 3 is 2.09 bits per heavy atom. The Labute approximate surface area is 203 Å². The van der Waals surface area contributed by atoms with Crippen molar-refractivity contribution in [3.8, 4) is 0 Å². The predicted octanol–water partition coefficient (Wildman–Crippen LogP) is 5.79. The third-order valence-electron chi connectivity index (χ3n) is 6.43. The van der Waals surface area contributed by atoms with E-state index >= 15 is 0 Å². The van der Waals surface area contributed by atoms with Crippen LogP contribution in [0.4, 0.5) is 0 Å². The van der Waals surface area contributed by atoms with Gasteiger partial charge in [0, 0.05) is 18.3 Å². The molecule has 0 radical (unpaired) electrons. The number of benzene rings is 2. The number of carbonyl (C=O) groups is 2. The van der Waals surface area contributed by atoms with Gasteiger partial charge >= 0.3 is 0 Å². The van der Waals surface area contributed by atoms with Gasteiger partial charge < -0.3 is 10.2 Å². The molecule has 33 heavy (non-hydrogen) atoms. The van der Waals surface area contributed by atoms with Crippen molar-refractivity contribution in [2.24, 2.45) is 0 Å². The Morgan fingerprint density at radius 1 is 0.939 bits per heavy atom. The third kappa shape index (κ3) is 7.92. The first kappa shape index (κ1) is 25.4. The maximum Gasteiger partial charge on any atom is 0.243 e. The van der Waals surface area contributed by atoms with Crippen LogP contribution in [0.1, 0.15) is 67.7 Å². The fraction of sp³-hybridized carbons (Fsp3) is 0.500. The fourth-order valence-electron chi connectivity index (χ4n) is 4.38. The van der Waals surface area contributed by atoms with Crippen LogP contribution >= 0.6 is 11.8 Å². The number of nitrogens with one attached hydrogen (secondary N) is 1. The molecule has 0 spiro atoms. The minimum atomic E-state index is -0.444. The molecule has 0 aliphatic heterocycles. The monoisotopic (exact) mass is 466 g/mol. The van der Waals surface area contributed by atoms with Crippen LogP contribution in [0, 0.1) is 13.8 Å². The van der Waals surface area contributed by atoms with E-state index in [9.17, 15) is 9.59 Å². The summed E-state index contributed by atoms with van der Waals surface area (Å²) in [4.78, 5) is 28.4. The molecule has 2 aromatic carbocycles. The normalized spacial score (nSPS) is 15.1. The maximum atomic E-state index is 13.4. The summed E-state index contributed by atoms with van der Waals surface area (Å²) in [6.45, 7) is 6.59. The first-order valence-electron chi connectivity index (χ1n) is 12.2. The number of amides is 2. The average Bonchev–Trinajstić information content (AvgIpc) is 2.82. The lowest BCUT2D eigenvalue weighted by Crippen LogP contribution is -2.52. The van der Waals surface area contributed by atoms with Gasteiger partial charge in [-0.2, -0.15) is 0 Å². The molecule has 0 aromatic heterocycles. The van der Waals surface area contributed by atoms with Gasteiger partial charge in [-0.1, -0.05) is 85.8 Å². The van der Waals surface area contributed by atoms with Crippen LogP contribution in [0.3, 0.4) is 0 Å². The summed E-state index contributed by atoms with van der Waals surface area (Å²) in [7, 11) is 0. The zero-order valence-electron chi connectivity index (χ0n) is 20.3. The lowest BCUT2D eigenvalue weighted by Gasteiger charge is -2.32. The maximum absolute atomic E-state index is 13.4. The number of nitrogens with zero attached hydrogens (tertiary/aromatic N) is 1. The van der Waals surface area contributed by atoms with Crippen molar-refractivity contribution in [3.05, 3.63) is 70.8 Å². The minimum Gasteiger partial charge on any atom is -0.352 e. The number of rotatable bonds is 10. The molecule has 1 atom stereocenters. The molecule has 4 nitrogen and oxygen atoms in total. The lowest BCUT2D eigenvalue weighted by molar-refractivity contribution is -0.139. The molecule has 1 saturated carbocycles. The quantitative estimate of drug-likeness (QED) is 0.482. The third-order valence-corrected chi connectivity index (χ3v) is 7.41. The Balaban J connectivity index is 1.68. The van der Waals surface area contributed by atoms with Gasteiger partial charge in [0.25, 0.3) is 0 Å². The van der Waals surface area contributed by atoms with Crippen LogP contribution in [-0.4, -0.2) is 34.6 Å². The lowest BCUT2D eigenvalue weighted by atomic mass is 9.95. The SMILES string of the molecule is CCC(C(=O)NC1CCCCC1)N(Cc1ccc(C)cc1)C(=O)CSCc1ccc(C)cc1. The average molecular weight is 467 g/mol. The Bertz CT molecular complexity index is 889. The van der Waals surface area contributed by atoms with E-state index < -0.39 is 6.04 Å². The van der Waals surface area contributed by atoms with Gasteiger partial charge in [0.15, 0.2) is 0 Å². The number of hydrogen-bond acceptors (Lipinski definition) is 3. The zero-order valence-corrected chi connectivity index (χ0v) is 21.1. The van der Waals surface area contributed by atoms with Crippen molar-refractivity contribution in [3.63, 3.8) is 0 Å². The summed E-state index contributed by atoms with van der Waals surface area (Å²) in [5.41, 5.74) is 4.69. The predicted molar refractivity (Wildman–Crippen MR) is 138 cm³/mol. The van der Waals surface area contributed by atoms with Crippen LogP contribution in [0.2, 0.25) is 0 Å². The summed E-state index contributed by atoms with van der Waals surface area (Å²) >= 11 is 1.61. The highest BCUT2D eigenvalue weighted by molar-refractivity contribution is 7.99. The molecule has 0 heterocycles. The highest BCUT2D eigenvalue weighted by Crippen LogP contribution is 2.20. The summed E-state index contributed by atoms with van der Waals surface area (Å²) < 4.78 is 0. The molecule has 1 fully saturated rings. The Kier molecular flexibility index (Phi) is 9.86. The molecular weight excluding hydrogens is 428 g/mol. The second kappa shape index (κ2) is 12.8. The molecule has 2 aromatic rings. The first-order chi connectivity index (χ1) is 16.0. The molecule has 0 saturated heterocycles. The molecule has 1 aliphatic carbocycles. The van der Waals surface area contributed by atoms with Crippen LogP contribution in [-0.2, 0) is 21.9 Å².